The molecule has 0 aliphatic heterocycles. The van der Waals surface area contributed by atoms with E-state index in [1.54, 1.807) is 12.1 Å². The summed E-state index contributed by atoms with van der Waals surface area (Å²) < 4.78 is 1.54. The molecule has 1 aliphatic rings. The van der Waals surface area contributed by atoms with Crippen LogP contribution in [-0.4, -0.2) is 38.6 Å². The number of nitrogens with zero attached hydrogens (tertiary/aromatic N) is 2. The number of benzene rings is 2. The minimum absolute atomic E-state index is 0.0548. The molecule has 1 fully saturated rings. The summed E-state index contributed by atoms with van der Waals surface area (Å²) in [6.07, 6.45) is 5.45. The minimum atomic E-state index is -0.436. The van der Waals surface area contributed by atoms with Crippen molar-refractivity contribution in [2.75, 3.05) is 12.4 Å². The molecule has 3 aromatic rings. The third kappa shape index (κ3) is 4.82. The Morgan fingerprint density at radius 2 is 1.71 bits per heavy atom. The van der Waals surface area contributed by atoms with Gasteiger partial charge in [-0.05, 0) is 37.0 Å². The number of hydrogen-bond acceptors (Lipinski definition) is 6. The summed E-state index contributed by atoms with van der Waals surface area (Å²) in [5.41, 5.74) is 2.34. The van der Waals surface area contributed by atoms with Gasteiger partial charge in [-0.25, -0.2) is 4.99 Å². The van der Waals surface area contributed by atoms with Crippen LogP contribution in [0.1, 0.15) is 67.4 Å². The predicted octanol–water partition coefficient (Wildman–Crippen LogP) is 5.74. The lowest BCUT2D eigenvalue weighted by atomic mass is 9.95. The monoisotopic (exact) mass is 476 g/mol. The number of para-hydroxylation sites is 1. The first kappa shape index (κ1) is 24.2. The zero-order chi connectivity index (χ0) is 24.9. The summed E-state index contributed by atoms with van der Waals surface area (Å²) in [7, 11) is 1.48. The maximum absolute atomic E-state index is 12.2. The Labute approximate surface area is 205 Å². The summed E-state index contributed by atoms with van der Waals surface area (Å²) in [5.74, 6) is -0.972. The van der Waals surface area contributed by atoms with Gasteiger partial charge < -0.3 is 26.0 Å². The van der Waals surface area contributed by atoms with Crippen molar-refractivity contribution in [1.82, 2.24) is 9.88 Å². The molecular weight excluding hydrogens is 444 g/mol. The molecule has 1 aromatic heterocycles. The number of carbonyl (C=O) groups is 1. The van der Waals surface area contributed by atoms with E-state index in [4.69, 9.17) is 4.99 Å². The molecule has 4 rings (SSSR count). The zero-order valence-corrected chi connectivity index (χ0v) is 20.1. The zero-order valence-electron chi connectivity index (χ0n) is 20.1. The SMILES string of the molecule is CCC(=Nc1c(Nc2cccc(C(=O)NC)c2O)c(O)n(C2CCCCC2)c1O)c1ccccc1. The van der Waals surface area contributed by atoms with Crippen molar-refractivity contribution in [2.24, 2.45) is 4.99 Å². The number of carbonyl (C=O) groups excluding carboxylic acids is 1. The highest BCUT2D eigenvalue weighted by Crippen LogP contribution is 2.51. The van der Waals surface area contributed by atoms with Crippen molar-refractivity contribution in [3.8, 4) is 17.5 Å². The van der Waals surface area contributed by atoms with Crippen molar-refractivity contribution in [3.63, 3.8) is 0 Å². The standard InChI is InChI=1S/C27H32N4O4/c1-3-20(17-11-6-4-7-12-17)29-22-23(27(35)31(26(22)34)18-13-8-5-9-14-18)30-21-16-10-15-19(24(21)32)25(33)28-2/h4,6-7,10-12,15-16,18,30,32,34-35H,3,5,8-9,13-14H2,1-2H3,(H,28,33). The first-order valence-corrected chi connectivity index (χ1v) is 12.1. The van der Waals surface area contributed by atoms with Crippen LogP contribution >= 0.6 is 0 Å². The summed E-state index contributed by atoms with van der Waals surface area (Å²) in [6.45, 7) is 1.98. The lowest BCUT2D eigenvalue weighted by molar-refractivity contribution is 0.0960. The molecule has 5 N–H and O–H groups in total. The molecule has 8 nitrogen and oxygen atoms in total. The van der Waals surface area contributed by atoms with Crippen LogP contribution in [-0.2, 0) is 0 Å². The molecule has 0 spiro atoms. The summed E-state index contributed by atoms with van der Waals surface area (Å²) in [6, 6.07) is 14.3. The highest BCUT2D eigenvalue weighted by molar-refractivity contribution is 6.04. The maximum atomic E-state index is 12.2. The highest BCUT2D eigenvalue weighted by atomic mass is 16.3. The number of amides is 1. The smallest absolute Gasteiger partial charge is 0.254 e. The summed E-state index contributed by atoms with van der Waals surface area (Å²) in [5, 5.41) is 38.9. The number of aromatic hydroxyl groups is 3. The fraction of sp³-hybridized carbons (Fsp3) is 0.333. The molecule has 1 amide bonds. The van der Waals surface area contributed by atoms with Gasteiger partial charge in [0.2, 0.25) is 11.8 Å². The Morgan fingerprint density at radius 3 is 2.37 bits per heavy atom. The van der Waals surface area contributed by atoms with Gasteiger partial charge in [0, 0.05) is 18.8 Å². The van der Waals surface area contributed by atoms with Crippen LogP contribution in [0.2, 0.25) is 0 Å². The van der Waals surface area contributed by atoms with Crippen molar-refractivity contribution < 1.29 is 20.1 Å². The van der Waals surface area contributed by atoms with Crippen LogP contribution in [0, 0.1) is 0 Å². The Hall–Kier alpha value is -3.94. The lowest BCUT2D eigenvalue weighted by Gasteiger charge is -2.24. The Kier molecular flexibility index (Phi) is 7.29. The normalized spacial score (nSPS) is 14.6. The first-order chi connectivity index (χ1) is 17.0. The largest absolute Gasteiger partial charge is 0.505 e. The Morgan fingerprint density at radius 1 is 1.00 bits per heavy atom. The van der Waals surface area contributed by atoms with E-state index in [-0.39, 0.29) is 46.2 Å². The number of aliphatic imine (C=N–C) groups is 1. The molecule has 0 bridgehead atoms. The average molecular weight is 477 g/mol. The second-order valence-corrected chi connectivity index (χ2v) is 8.72. The maximum Gasteiger partial charge on any atom is 0.254 e. The molecule has 0 saturated heterocycles. The van der Waals surface area contributed by atoms with Crippen molar-refractivity contribution in [1.29, 1.82) is 0 Å². The number of anilines is 2. The molecule has 0 radical (unpaired) electrons. The molecule has 1 heterocycles. The highest BCUT2D eigenvalue weighted by Gasteiger charge is 2.29. The fourth-order valence-corrected chi connectivity index (χ4v) is 4.67. The Bertz CT molecular complexity index is 1230. The molecule has 1 aliphatic carbocycles. The molecule has 2 aromatic carbocycles. The number of rotatable bonds is 7. The van der Waals surface area contributed by atoms with Crippen molar-refractivity contribution >= 4 is 28.7 Å². The quantitative estimate of drug-likeness (QED) is 0.220. The van der Waals surface area contributed by atoms with Gasteiger partial charge in [-0.3, -0.25) is 9.36 Å². The van der Waals surface area contributed by atoms with E-state index in [0.717, 1.165) is 43.4 Å². The van der Waals surface area contributed by atoms with Crippen LogP contribution in [0.15, 0.2) is 53.5 Å². The number of phenols is 1. The number of aromatic nitrogens is 1. The minimum Gasteiger partial charge on any atom is -0.505 e. The molecule has 8 heteroatoms. The van der Waals surface area contributed by atoms with Crippen molar-refractivity contribution in [2.45, 2.75) is 51.5 Å². The van der Waals surface area contributed by atoms with Gasteiger partial charge in [0.1, 0.15) is 5.69 Å². The van der Waals surface area contributed by atoms with E-state index in [1.165, 1.54) is 17.7 Å². The number of hydrogen-bond donors (Lipinski definition) is 5. The van der Waals surface area contributed by atoms with E-state index < -0.39 is 5.91 Å². The Balaban J connectivity index is 1.86. The molecule has 184 valence electrons. The van der Waals surface area contributed by atoms with E-state index in [1.807, 2.05) is 37.3 Å². The van der Waals surface area contributed by atoms with Crippen LogP contribution in [0.5, 0.6) is 17.5 Å². The second kappa shape index (κ2) is 10.5. The predicted molar refractivity (Wildman–Crippen MR) is 138 cm³/mol. The summed E-state index contributed by atoms with van der Waals surface area (Å²) >= 11 is 0. The van der Waals surface area contributed by atoms with Gasteiger partial charge in [-0.15, -0.1) is 0 Å². The first-order valence-electron chi connectivity index (χ1n) is 12.1. The van der Waals surface area contributed by atoms with Gasteiger partial charge >= 0.3 is 0 Å². The number of nitrogens with one attached hydrogen (secondary N) is 2. The molecule has 35 heavy (non-hydrogen) atoms. The van der Waals surface area contributed by atoms with Gasteiger partial charge in [-0.2, -0.15) is 0 Å². The molecular formula is C27H32N4O4. The van der Waals surface area contributed by atoms with Crippen LogP contribution < -0.4 is 10.6 Å². The topological polar surface area (TPSA) is 119 Å². The van der Waals surface area contributed by atoms with Gasteiger partial charge in [0.25, 0.3) is 5.91 Å². The van der Waals surface area contributed by atoms with E-state index in [0.29, 0.717) is 6.42 Å². The molecule has 0 atom stereocenters. The lowest BCUT2D eigenvalue weighted by Crippen LogP contribution is -2.18. The third-order valence-electron chi connectivity index (χ3n) is 6.52. The molecule has 0 unspecified atom stereocenters. The second-order valence-electron chi connectivity index (χ2n) is 8.72. The van der Waals surface area contributed by atoms with E-state index in [2.05, 4.69) is 10.6 Å². The number of phenolic OH excluding ortho intramolecular Hbond substituents is 1. The van der Waals surface area contributed by atoms with Gasteiger partial charge in [0.05, 0.1) is 11.3 Å². The van der Waals surface area contributed by atoms with Gasteiger partial charge in [-0.1, -0.05) is 62.6 Å². The average Bonchev–Trinajstić information content (AvgIpc) is 3.12. The summed E-state index contributed by atoms with van der Waals surface area (Å²) in [4.78, 5) is 16.9. The van der Waals surface area contributed by atoms with Gasteiger partial charge in [0.15, 0.2) is 11.4 Å². The van der Waals surface area contributed by atoms with E-state index in [9.17, 15) is 20.1 Å². The van der Waals surface area contributed by atoms with Crippen LogP contribution in [0.3, 0.4) is 0 Å². The third-order valence-corrected chi connectivity index (χ3v) is 6.52. The molecule has 1 saturated carbocycles. The van der Waals surface area contributed by atoms with E-state index >= 15 is 0 Å². The fourth-order valence-electron chi connectivity index (χ4n) is 4.67. The van der Waals surface area contributed by atoms with Crippen LogP contribution in [0.4, 0.5) is 17.1 Å². The van der Waals surface area contributed by atoms with Crippen molar-refractivity contribution in [3.05, 3.63) is 59.7 Å². The van der Waals surface area contributed by atoms with Crippen LogP contribution in [0.25, 0.3) is 0 Å².